The topological polar surface area (TPSA) is 12.0 Å². The highest BCUT2D eigenvalue weighted by Gasteiger charge is 2.41. The summed E-state index contributed by atoms with van der Waals surface area (Å²) in [4.78, 5) is 0. The van der Waals surface area contributed by atoms with Crippen molar-refractivity contribution in [3.8, 4) is 0 Å². The van der Waals surface area contributed by atoms with Crippen molar-refractivity contribution < 1.29 is 0 Å². The highest BCUT2D eigenvalue weighted by atomic mass is 14.8. The molecule has 17 heavy (non-hydrogen) atoms. The molecule has 1 heteroatoms. The summed E-state index contributed by atoms with van der Waals surface area (Å²) in [6, 6.07) is 9.30. The van der Waals surface area contributed by atoms with Crippen LogP contribution in [0.4, 0.5) is 0 Å². The number of nitrogens with one attached hydrogen (secondary N) is 1. The second-order valence-corrected chi connectivity index (χ2v) is 5.76. The number of hydrogen-bond donors (Lipinski definition) is 1. The van der Waals surface area contributed by atoms with E-state index in [1.165, 1.54) is 43.4 Å². The average Bonchev–Trinajstić information content (AvgIpc) is 3.09. The van der Waals surface area contributed by atoms with Crippen LogP contribution in [-0.4, -0.2) is 13.6 Å². The lowest BCUT2D eigenvalue weighted by molar-refractivity contribution is 0.478. The predicted molar refractivity (Wildman–Crippen MR) is 74.4 cm³/mol. The second kappa shape index (κ2) is 5.22. The Morgan fingerprint density at radius 1 is 1.24 bits per heavy atom. The number of rotatable bonds is 6. The third-order valence-corrected chi connectivity index (χ3v) is 4.25. The van der Waals surface area contributed by atoms with E-state index >= 15 is 0 Å². The van der Waals surface area contributed by atoms with E-state index in [0.717, 1.165) is 0 Å². The molecule has 0 saturated heterocycles. The largest absolute Gasteiger partial charge is 0.319 e. The maximum atomic E-state index is 3.33. The highest BCUT2D eigenvalue weighted by Crippen LogP contribution is 2.47. The summed E-state index contributed by atoms with van der Waals surface area (Å²) >= 11 is 0. The van der Waals surface area contributed by atoms with Crippen molar-refractivity contribution in [3.05, 3.63) is 35.4 Å². The van der Waals surface area contributed by atoms with Crippen molar-refractivity contribution in [3.63, 3.8) is 0 Å². The van der Waals surface area contributed by atoms with Crippen LogP contribution in [0.15, 0.2) is 24.3 Å². The Morgan fingerprint density at radius 2 is 1.88 bits per heavy atom. The molecule has 0 aromatic heterocycles. The van der Waals surface area contributed by atoms with Gasteiger partial charge in [0.15, 0.2) is 0 Å². The molecule has 0 spiro atoms. The Bertz CT molecular complexity index is 348. The first-order chi connectivity index (χ1) is 8.19. The van der Waals surface area contributed by atoms with E-state index in [1.54, 1.807) is 0 Å². The lowest BCUT2D eigenvalue weighted by Crippen LogP contribution is -2.21. The summed E-state index contributed by atoms with van der Waals surface area (Å²) in [7, 11) is 2.06. The zero-order valence-corrected chi connectivity index (χ0v) is 11.4. The smallest absolute Gasteiger partial charge is 0.000800 e. The fourth-order valence-corrected chi connectivity index (χ4v) is 2.60. The fraction of sp³-hybridized carbons (Fsp3) is 0.625. The molecule has 1 saturated carbocycles. The Labute approximate surface area is 106 Å². The fourth-order valence-electron chi connectivity index (χ4n) is 2.60. The standard InChI is InChI=1S/C16H25N/c1-4-13(2)15-7-5-14(6-8-15)11-16(9-10-16)12-17-3/h5-8,13,17H,4,9-12H2,1-3H3. The van der Waals surface area contributed by atoms with E-state index in [9.17, 15) is 0 Å². The van der Waals surface area contributed by atoms with Gasteiger partial charge in [-0.3, -0.25) is 0 Å². The van der Waals surface area contributed by atoms with Gasteiger partial charge in [-0.15, -0.1) is 0 Å². The van der Waals surface area contributed by atoms with Crippen LogP contribution in [0.3, 0.4) is 0 Å². The minimum absolute atomic E-state index is 0.576. The van der Waals surface area contributed by atoms with Crippen molar-refractivity contribution >= 4 is 0 Å². The average molecular weight is 231 g/mol. The van der Waals surface area contributed by atoms with Crippen LogP contribution >= 0.6 is 0 Å². The van der Waals surface area contributed by atoms with Crippen LogP contribution < -0.4 is 5.32 Å². The van der Waals surface area contributed by atoms with Gasteiger partial charge in [-0.1, -0.05) is 38.1 Å². The third kappa shape index (κ3) is 3.10. The van der Waals surface area contributed by atoms with Gasteiger partial charge >= 0.3 is 0 Å². The molecule has 1 nitrogen and oxygen atoms in total. The Balaban J connectivity index is 1.99. The van der Waals surface area contributed by atoms with E-state index in [-0.39, 0.29) is 0 Å². The molecule has 1 atom stereocenters. The summed E-state index contributed by atoms with van der Waals surface area (Å²) in [5.41, 5.74) is 3.56. The zero-order valence-electron chi connectivity index (χ0n) is 11.4. The molecule has 94 valence electrons. The van der Waals surface area contributed by atoms with Crippen LogP contribution in [0.2, 0.25) is 0 Å². The van der Waals surface area contributed by atoms with Crippen LogP contribution in [0, 0.1) is 5.41 Å². The molecule has 1 N–H and O–H groups in total. The predicted octanol–water partition coefficient (Wildman–Crippen LogP) is 3.74. The van der Waals surface area contributed by atoms with E-state index < -0.39 is 0 Å². The van der Waals surface area contributed by atoms with E-state index in [1.807, 2.05) is 0 Å². The van der Waals surface area contributed by atoms with E-state index in [2.05, 4.69) is 50.5 Å². The first-order valence-electron chi connectivity index (χ1n) is 6.92. The lowest BCUT2D eigenvalue weighted by atomic mass is 9.93. The molecule has 0 bridgehead atoms. The maximum absolute atomic E-state index is 3.33. The molecule has 1 aliphatic rings. The van der Waals surface area contributed by atoms with Crippen LogP contribution in [0.1, 0.15) is 50.2 Å². The number of hydrogen-bond acceptors (Lipinski definition) is 1. The first-order valence-corrected chi connectivity index (χ1v) is 6.92. The molecule has 1 aromatic rings. The van der Waals surface area contributed by atoms with Crippen LogP contribution in [0.5, 0.6) is 0 Å². The van der Waals surface area contributed by atoms with Gasteiger partial charge in [0.25, 0.3) is 0 Å². The Kier molecular flexibility index (Phi) is 3.88. The van der Waals surface area contributed by atoms with Crippen LogP contribution in [-0.2, 0) is 6.42 Å². The molecule has 0 amide bonds. The van der Waals surface area contributed by atoms with Crippen molar-refractivity contribution in [1.29, 1.82) is 0 Å². The highest BCUT2D eigenvalue weighted by molar-refractivity contribution is 5.26. The Morgan fingerprint density at radius 3 is 2.35 bits per heavy atom. The quantitative estimate of drug-likeness (QED) is 0.786. The molecule has 2 rings (SSSR count). The minimum atomic E-state index is 0.576. The molecule has 1 fully saturated rings. The molecule has 0 radical (unpaired) electrons. The maximum Gasteiger partial charge on any atom is 0.000800 e. The normalized spacial score (nSPS) is 19.0. The van der Waals surface area contributed by atoms with Crippen molar-refractivity contribution in [2.75, 3.05) is 13.6 Å². The van der Waals surface area contributed by atoms with Gasteiger partial charge in [-0.2, -0.15) is 0 Å². The summed E-state index contributed by atoms with van der Waals surface area (Å²) in [6.07, 6.45) is 5.25. The Hall–Kier alpha value is -0.820. The molecule has 0 aliphatic heterocycles. The van der Waals surface area contributed by atoms with Crippen molar-refractivity contribution in [1.82, 2.24) is 5.32 Å². The lowest BCUT2D eigenvalue weighted by Gasteiger charge is -2.15. The molecule has 1 aromatic carbocycles. The van der Waals surface area contributed by atoms with Gasteiger partial charge in [-0.05, 0) is 55.2 Å². The van der Waals surface area contributed by atoms with Gasteiger partial charge < -0.3 is 5.32 Å². The van der Waals surface area contributed by atoms with Gasteiger partial charge in [0.1, 0.15) is 0 Å². The monoisotopic (exact) mass is 231 g/mol. The summed E-state index contributed by atoms with van der Waals surface area (Å²) in [5.74, 6) is 0.691. The van der Waals surface area contributed by atoms with Gasteiger partial charge in [-0.25, -0.2) is 0 Å². The molecular formula is C16H25N. The summed E-state index contributed by atoms with van der Waals surface area (Å²) in [6.45, 7) is 5.73. The summed E-state index contributed by atoms with van der Waals surface area (Å²) < 4.78 is 0. The molecular weight excluding hydrogens is 206 g/mol. The zero-order chi connectivity index (χ0) is 12.3. The minimum Gasteiger partial charge on any atom is -0.319 e. The van der Waals surface area contributed by atoms with E-state index in [0.29, 0.717) is 11.3 Å². The molecule has 0 heterocycles. The van der Waals surface area contributed by atoms with Gasteiger partial charge in [0.2, 0.25) is 0 Å². The first kappa shape index (κ1) is 12.6. The van der Waals surface area contributed by atoms with Gasteiger partial charge in [0, 0.05) is 6.54 Å². The van der Waals surface area contributed by atoms with Crippen molar-refractivity contribution in [2.24, 2.45) is 5.41 Å². The van der Waals surface area contributed by atoms with Crippen molar-refractivity contribution in [2.45, 2.75) is 45.4 Å². The third-order valence-electron chi connectivity index (χ3n) is 4.25. The molecule has 1 aliphatic carbocycles. The second-order valence-electron chi connectivity index (χ2n) is 5.76. The molecule has 1 unspecified atom stereocenters. The van der Waals surface area contributed by atoms with E-state index in [4.69, 9.17) is 0 Å². The summed E-state index contributed by atoms with van der Waals surface area (Å²) in [5, 5.41) is 3.33. The SMILES string of the molecule is CCC(C)c1ccc(CC2(CNC)CC2)cc1. The number of benzene rings is 1. The van der Waals surface area contributed by atoms with Gasteiger partial charge in [0.05, 0.1) is 0 Å². The van der Waals surface area contributed by atoms with Crippen LogP contribution in [0.25, 0.3) is 0 Å².